The molecular formula is C15H17ClN2O2. The number of nitrogens with two attached hydrogens (primary N) is 1. The number of fused-ring (bicyclic) bond motifs is 1. The molecule has 20 heavy (non-hydrogen) atoms. The van der Waals surface area contributed by atoms with E-state index in [0.717, 1.165) is 24.8 Å². The summed E-state index contributed by atoms with van der Waals surface area (Å²) < 4.78 is 10.8. The molecule has 0 fully saturated rings. The molecule has 1 aliphatic carbocycles. The molecule has 0 spiro atoms. The van der Waals surface area contributed by atoms with Gasteiger partial charge in [-0.25, -0.2) is 0 Å². The molecule has 3 rings (SSSR count). The van der Waals surface area contributed by atoms with Crippen molar-refractivity contribution in [2.45, 2.75) is 32.1 Å². The van der Waals surface area contributed by atoms with Gasteiger partial charge in [-0.2, -0.15) is 0 Å². The minimum Gasteiger partial charge on any atom is -0.494 e. The van der Waals surface area contributed by atoms with Crippen molar-refractivity contribution < 1.29 is 9.26 Å². The van der Waals surface area contributed by atoms with Gasteiger partial charge >= 0.3 is 0 Å². The minimum absolute atomic E-state index is 0.365. The summed E-state index contributed by atoms with van der Waals surface area (Å²) in [7, 11) is 1.62. The molecule has 106 valence electrons. The number of nitrogen functional groups attached to an aromatic ring is 1. The summed E-state index contributed by atoms with van der Waals surface area (Å²) in [5.74, 6) is 1.63. The first-order valence-corrected chi connectivity index (χ1v) is 7.19. The van der Waals surface area contributed by atoms with Gasteiger partial charge in [0.15, 0.2) is 11.6 Å². The van der Waals surface area contributed by atoms with Crippen molar-refractivity contribution in [2.75, 3.05) is 12.8 Å². The molecule has 4 nitrogen and oxygen atoms in total. The summed E-state index contributed by atoms with van der Waals surface area (Å²) in [6.07, 6.45) is 5.61. The monoisotopic (exact) mass is 292 g/mol. The van der Waals surface area contributed by atoms with Crippen LogP contribution in [0.5, 0.6) is 5.75 Å². The van der Waals surface area contributed by atoms with Crippen LogP contribution in [0, 0.1) is 0 Å². The van der Waals surface area contributed by atoms with Gasteiger partial charge in [0.2, 0.25) is 0 Å². The van der Waals surface area contributed by atoms with Gasteiger partial charge in [0.25, 0.3) is 0 Å². The normalized spacial score (nSPS) is 14.7. The molecule has 2 aromatic rings. The van der Waals surface area contributed by atoms with Crippen LogP contribution in [0.3, 0.4) is 0 Å². The van der Waals surface area contributed by atoms with Gasteiger partial charge in [0.05, 0.1) is 17.7 Å². The van der Waals surface area contributed by atoms with Crippen molar-refractivity contribution in [1.29, 1.82) is 0 Å². The lowest BCUT2D eigenvalue weighted by Gasteiger charge is -2.16. The lowest BCUT2D eigenvalue weighted by Crippen LogP contribution is -1.99. The summed E-state index contributed by atoms with van der Waals surface area (Å²) in [5.41, 5.74) is 9.10. The summed E-state index contributed by atoms with van der Waals surface area (Å²) in [6, 6.07) is 3.74. The number of nitrogens with zero attached hydrogens (tertiary/aromatic N) is 1. The van der Waals surface area contributed by atoms with E-state index in [0.29, 0.717) is 22.4 Å². The van der Waals surface area contributed by atoms with E-state index in [9.17, 15) is 0 Å². The van der Waals surface area contributed by atoms with Crippen LogP contribution in [0.25, 0.3) is 11.3 Å². The molecule has 0 atom stereocenters. The van der Waals surface area contributed by atoms with Crippen LogP contribution in [0.1, 0.15) is 30.4 Å². The number of rotatable bonds is 2. The number of hydrogen-bond acceptors (Lipinski definition) is 4. The maximum absolute atomic E-state index is 6.36. The van der Waals surface area contributed by atoms with E-state index >= 15 is 0 Å². The van der Waals surface area contributed by atoms with Crippen LogP contribution in [0.4, 0.5) is 5.82 Å². The standard InChI is InChI=1S/C15H17ClN2O2/c1-19-15-11(16)7-9-5-3-2-4-6-10(9)14(15)12-8-13(17)18-20-12/h7-8H,2-6H2,1H3,(H2,17,18). The van der Waals surface area contributed by atoms with E-state index in [-0.39, 0.29) is 0 Å². The number of benzene rings is 1. The van der Waals surface area contributed by atoms with Gasteiger partial charge < -0.3 is 15.0 Å². The highest BCUT2D eigenvalue weighted by molar-refractivity contribution is 6.32. The zero-order valence-electron chi connectivity index (χ0n) is 11.4. The van der Waals surface area contributed by atoms with Gasteiger partial charge in [-0.1, -0.05) is 23.2 Å². The van der Waals surface area contributed by atoms with Crippen LogP contribution in [-0.4, -0.2) is 12.3 Å². The van der Waals surface area contributed by atoms with E-state index in [1.54, 1.807) is 13.2 Å². The Morgan fingerprint density at radius 3 is 2.75 bits per heavy atom. The Bertz CT molecular complexity index is 637. The van der Waals surface area contributed by atoms with Gasteiger partial charge in [0, 0.05) is 6.07 Å². The Morgan fingerprint density at radius 2 is 2.05 bits per heavy atom. The number of anilines is 1. The maximum atomic E-state index is 6.36. The third-order valence-electron chi connectivity index (χ3n) is 3.79. The highest BCUT2D eigenvalue weighted by atomic mass is 35.5. The smallest absolute Gasteiger partial charge is 0.173 e. The molecule has 0 saturated carbocycles. The van der Waals surface area contributed by atoms with E-state index < -0.39 is 0 Å². The number of hydrogen-bond donors (Lipinski definition) is 1. The summed E-state index contributed by atoms with van der Waals surface area (Å²) in [6.45, 7) is 0. The molecule has 1 aromatic carbocycles. The average Bonchev–Trinajstić information content (AvgIpc) is 2.72. The average molecular weight is 293 g/mol. The largest absolute Gasteiger partial charge is 0.494 e. The first kappa shape index (κ1) is 13.3. The SMILES string of the molecule is COc1c(Cl)cc2c(c1-c1cc(N)no1)CCCCC2. The van der Waals surface area contributed by atoms with Crippen LogP contribution in [-0.2, 0) is 12.8 Å². The highest BCUT2D eigenvalue weighted by Gasteiger charge is 2.23. The van der Waals surface area contributed by atoms with E-state index in [4.69, 9.17) is 26.6 Å². The Hall–Kier alpha value is -1.68. The van der Waals surface area contributed by atoms with Crippen molar-refractivity contribution >= 4 is 17.4 Å². The number of halogens is 1. The molecule has 0 amide bonds. The Balaban J connectivity index is 2.26. The fraction of sp³-hybridized carbons (Fsp3) is 0.400. The zero-order chi connectivity index (χ0) is 14.1. The lowest BCUT2D eigenvalue weighted by molar-refractivity contribution is 0.406. The molecule has 1 aliphatic rings. The molecule has 0 radical (unpaired) electrons. The third-order valence-corrected chi connectivity index (χ3v) is 4.07. The molecule has 0 aliphatic heterocycles. The van der Waals surface area contributed by atoms with Crippen LogP contribution in [0.2, 0.25) is 5.02 Å². The number of methoxy groups -OCH3 is 1. The predicted molar refractivity (Wildman–Crippen MR) is 79.2 cm³/mol. The van der Waals surface area contributed by atoms with Gasteiger partial charge in [-0.3, -0.25) is 0 Å². The van der Waals surface area contributed by atoms with Crippen LogP contribution < -0.4 is 10.5 Å². The molecule has 0 unspecified atom stereocenters. The molecule has 1 aromatic heterocycles. The maximum Gasteiger partial charge on any atom is 0.173 e. The molecule has 5 heteroatoms. The van der Waals surface area contributed by atoms with E-state index in [1.165, 1.54) is 24.0 Å². The van der Waals surface area contributed by atoms with Gasteiger partial charge in [0.1, 0.15) is 5.75 Å². The first-order chi connectivity index (χ1) is 9.70. The summed E-state index contributed by atoms with van der Waals surface area (Å²) in [5, 5.41) is 4.38. The van der Waals surface area contributed by atoms with Crippen molar-refractivity contribution in [2.24, 2.45) is 0 Å². The molecule has 0 saturated heterocycles. The van der Waals surface area contributed by atoms with Crippen LogP contribution >= 0.6 is 11.6 Å². The van der Waals surface area contributed by atoms with E-state index in [2.05, 4.69) is 5.16 Å². The first-order valence-electron chi connectivity index (χ1n) is 6.81. The second-order valence-corrected chi connectivity index (χ2v) is 5.49. The van der Waals surface area contributed by atoms with Crippen molar-refractivity contribution in [3.63, 3.8) is 0 Å². The zero-order valence-corrected chi connectivity index (χ0v) is 12.2. The van der Waals surface area contributed by atoms with Crippen molar-refractivity contribution in [3.05, 3.63) is 28.3 Å². The fourth-order valence-corrected chi connectivity index (χ4v) is 3.20. The van der Waals surface area contributed by atoms with Crippen LogP contribution in [0.15, 0.2) is 16.7 Å². The Kier molecular flexibility index (Phi) is 3.57. The van der Waals surface area contributed by atoms with Crippen molar-refractivity contribution in [1.82, 2.24) is 5.16 Å². The molecule has 1 heterocycles. The van der Waals surface area contributed by atoms with Gasteiger partial charge in [-0.15, -0.1) is 0 Å². The molecular weight excluding hydrogens is 276 g/mol. The lowest BCUT2D eigenvalue weighted by atomic mass is 9.94. The fourth-order valence-electron chi connectivity index (χ4n) is 2.89. The number of aryl methyl sites for hydroxylation is 1. The van der Waals surface area contributed by atoms with Gasteiger partial charge in [-0.05, 0) is 42.9 Å². The Morgan fingerprint density at radius 1 is 1.25 bits per heavy atom. The number of aromatic nitrogens is 1. The second kappa shape index (κ2) is 5.37. The topological polar surface area (TPSA) is 61.3 Å². The molecule has 2 N–H and O–H groups in total. The van der Waals surface area contributed by atoms with Crippen molar-refractivity contribution in [3.8, 4) is 17.1 Å². The minimum atomic E-state index is 0.365. The van der Waals surface area contributed by atoms with E-state index in [1.807, 2.05) is 6.07 Å². The summed E-state index contributed by atoms with van der Waals surface area (Å²) in [4.78, 5) is 0. The number of ether oxygens (including phenoxy) is 1. The highest BCUT2D eigenvalue weighted by Crippen LogP contribution is 2.43. The Labute approximate surface area is 122 Å². The summed E-state index contributed by atoms with van der Waals surface area (Å²) >= 11 is 6.36. The molecule has 0 bridgehead atoms. The predicted octanol–water partition coefficient (Wildman–Crippen LogP) is 3.85. The quantitative estimate of drug-likeness (QED) is 0.854. The third kappa shape index (κ3) is 2.24. The second-order valence-electron chi connectivity index (χ2n) is 5.08.